The van der Waals surface area contributed by atoms with Crippen molar-refractivity contribution in [2.24, 2.45) is 0 Å². The third-order valence-corrected chi connectivity index (χ3v) is 5.43. The smallest absolute Gasteiger partial charge is 0.268 e. The Morgan fingerprint density at radius 2 is 1.90 bits per heavy atom. The number of aromatic nitrogens is 1. The fourth-order valence-corrected chi connectivity index (χ4v) is 3.63. The van der Waals surface area contributed by atoms with Gasteiger partial charge in [-0.05, 0) is 48.6 Å². The van der Waals surface area contributed by atoms with Crippen LogP contribution in [0.15, 0.2) is 53.4 Å². The molecule has 0 aliphatic heterocycles. The van der Waals surface area contributed by atoms with E-state index in [1.807, 2.05) is 49.6 Å². The number of carbonyl (C=O) groups is 1. The fraction of sp³-hybridized carbons (Fsp3) is 0.208. The van der Waals surface area contributed by atoms with Crippen molar-refractivity contribution in [1.29, 1.82) is 5.26 Å². The Morgan fingerprint density at radius 3 is 2.55 bits per heavy atom. The van der Waals surface area contributed by atoms with Gasteiger partial charge in [0.25, 0.3) is 5.91 Å². The minimum Gasteiger partial charge on any atom is -0.297 e. The first-order chi connectivity index (χ1) is 13.9. The van der Waals surface area contributed by atoms with E-state index < -0.39 is 5.91 Å². The summed E-state index contributed by atoms with van der Waals surface area (Å²) in [6.07, 6.45) is 1.60. The van der Waals surface area contributed by atoms with Gasteiger partial charge in [-0.3, -0.25) is 10.1 Å². The lowest BCUT2D eigenvalue weighted by Crippen LogP contribution is -2.13. The predicted molar refractivity (Wildman–Crippen MR) is 120 cm³/mol. The number of thiazole rings is 1. The summed E-state index contributed by atoms with van der Waals surface area (Å²) in [5.41, 5.74) is 6.22. The van der Waals surface area contributed by atoms with Crippen molar-refractivity contribution in [2.75, 3.05) is 5.32 Å². The molecule has 0 saturated carbocycles. The van der Waals surface area contributed by atoms with E-state index in [-0.39, 0.29) is 5.57 Å². The van der Waals surface area contributed by atoms with Gasteiger partial charge in [-0.15, -0.1) is 11.3 Å². The molecule has 3 aromatic rings. The SMILES string of the molecule is Cc1ccc(C)c(-c2csc(NC(=O)/C(C#N)=C/c3ccc(C(C)C)cc3)n2)c1. The number of aryl methyl sites for hydroxylation is 2. The van der Waals surface area contributed by atoms with Crippen LogP contribution in [0.5, 0.6) is 0 Å². The number of benzene rings is 2. The Hall–Kier alpha value is -3.23. The maximum absolute atomic E-state index is 12.6. The zero-order valence-corrected chi connectivity index (χ0v) is 17.8. The van der Waals surface area contributed by atoms with Gasteiger partial charge in [-0.1, -0.05) is 55.8 Å². The summed E-state index contributed by atoms with van der Waals surface area (Å²) >= 11 is 1.35. The van der Waals surface area contributed by atoms with Gasteiger partial charge in [0.05, 0.1) is 5.69 Å². The molecule has 3 rings (SSSR count). The number of carbonyl (C=O) groups excluding carboxylic acids is 1. The van der Waals surface area contributed by atoms with Gasteiger partial charge in [0.1, 0.15) is 11.6 Å². The monoisotopic (exact) mass is 401 g/mol. The summed E-state index contributed by atoms with van der Waals surface area (Å²) < 4.78 is 0. The van der Waals surface area contributed by atoms with Crippen molar-refractivity contribution in [3.05, 3.63) is 75.7 Å². The van der Waals surface area contributed by atoms with E-state index in [0.29, 0.717) is 11.0 Å². The van der Waals surface area contributed by atoms with E-state index >= 15 is 0 Å². The summed E-state index contributed by atoms with van der Waals surface area (Å²) in [6, 6.07) is 16.1. The molecule has 1 aromatic heterocycles. The molecule has 0 saturated heterocycles. The van der Waals surface area contributed by atoms with Crippen LogP contribution >= 0.6 is 11.3 Å². The van der Waals surface area contributed by atoms with Crippen LogP contribution in [0.3, 0.4) is 0 Å². The van der Waals surface area contributed by atoms with E-state index in [1.54, 1.807) is 6.08 Å². The van der Waals surface area contributed by atoms with Crippen LogP contribution < -0.4 is 5.32 Å². The third kappa shape index (κ3) is 4.98. The van der Waals surface area contributed by atoms with Gasteiger partial charge in [-0.2, -0.15) is 5.26 Å². The number of amides is 1. The molecule has 2 aromatic carbocycles. The number of hydrogen-bond acceptors (Lipinski definition) is 4. The zero-order valence-electron chi connectivity index (χ0n) is 17.0. The number of nitrogens with one attached hydrogen (secondary N) is 1. The van der Waals surface area contributed by atoms with Crippen LogP contribution in [0.1, 0.15) is 42.0 Å². The first-order valence-electron chi connectivity index (χ1n) is 9.43. The van der Waals surface area contributed by atoms with Crippen molar-refractivity contribution < 1.29 is 4.79 Å². The number of hydrogen-bond donors (Lipinski definition) is 1. The van der Waals surface area contributed by atoms with E-state index in [4.69, 9.17) is 0 Å². The van der Waals surface area contributed by atoms with Crippen LogP contribution in [0.4, 0.5) is 5.13 Å². The second kappa shape index (κ2) is 8.85. The Morgan fingerprint density at radius 1 is 1.17 bits per heavy atom. The molecule has 0 radical (unpaired) electrons. The molecule has 4 nitrogen and oxygen atoms in total. The largest absolute Gasteiger partial charge is 0.297 e. The summed E-state index contributed by atoms with van der Waals surface area (Å²) in [6.45, 7) is 8.32. The van der Waals surface area contributed by atoms with Crippen molar-refractivity contribution in [3.63, 3.8) is 0 Å². The zero-order chi connectivity index (χ0) is 21.0. The van der Waals surface area contributed by atoms with Gasteiger partial charge < -0.3 is 0 Å². The maximum Gasteiger partial charge on any atom is 0.268 e. The number of nitrogens with zero attached hydrogens (tertiary/aromatic N) is 2. The molecule has 0 unspecified atom stereocenters. The lowest BCUT2D eigenvalue weighted by molar-refractivity contribution is -0.112. The molecule has 1 amide bonds. The quantitative estimate of drug-likeness (QED) is 0.415. The van der Waals surface area contributed by atoms with Crippen molar-refractivity contribution in [2.45, 2.75) is 33.6 Å². The van der Waals surface area contributed by atoms with E-state index in [0.717, 1.165) is 27.9 Å². The summed E-state index contributed by atoms with van der Waals surface area (Å²) in [7, 11) is 0. The van der Waals surface area contributed by atoms with Gasteiger partial charge >= 0.3 is 0 Å². The highest BCUT2D eigenvalue weighted by atomic mass is 32.1. The van der Waals surface area contributed by atoms with Crippen LogP contribution in [0, 0.1) is 25.2 Å². The summed E-state index contributed by atoms with van der Waals surface area (Å²) in [4.78, 5) is 17.1. The van der Waals surface area contributed by atoms with Gasteiger partial charge in [0.2, 0.25) is 0 Å². The van der Waals surface area contributed by atoms with Crippen LogP contribution in [-0.2, 0) is 4.79 Å². The minimum absolute atomic E-state index is 0.0470. The summed E-state index contributed by atoms with van der Waals surface area (Å²) in [5.74, 6) is -0.0230. The average Bonchev–Trinajstić information content (AvgIpc) is 3.16. The second-order valence-electron chi connectivity index (χ2n) is 7.30. The van der Waals surface area contributed by atoms with Gasteiger partial charge in [0, 0.05) is 10.9 Å². The molecule has 1 heterocycles. The number of anilines is 1. The van der Waals surface area contributed by atoms with Crippen molar-refractivity contribution in [3.8, 4) is 17.3 Å². The molecule has 0 bridgehead atoms. The molecule has 0 aliphatic carbocycles. The Balaban J connectivity index is 1.77. The van der Waals surface area contributed by atoms with E-state index in [9.17, 15) is 10.1 Å². The fourth-order valence-electron chi connectivity index (χ4n) is 2.92. The summed E-state index contributed by atoms with van der Waals surface area (Å²) in [5, 5.41) is 14.6. The molecule has 5 heteroatoms. The lowest BCUT2D eigenvalue weighted by Gasteiger charge is -2.05. The molecule has 0 fully saturated rings. The number of nitriles is 1. The lowest BCUT2D eigenvalue weighted by atomic mass is 10.0. The van der Waals surface area contributed by atoms with E-state index in [1.165, 1.54) is 16.9 Å². The highest BCUT2D eigenvalue weighted by Gasteiger charge is 2.13. The third-order valence-electron chi connectivity index (χ3n) is 4.67. The number of rotatable bonds is 5. The standard InChI is InChI=1S/C24H23N3OS/c1-15(2)19-9-7-18(8-10-19)12-20(13-25)23(28)27-24-26-22(14-29-24)21-11-16(3)5-6-17(21)4/h5-12,14-15H,1-4H3,(H,26,27,28)/b20-12+. The van der Waals surface area contributed by atoms with Gasteiger partial charge in [-0.25, -0.2) is 4.98 Å². The first-order valence-corrected chi connectivity index (χ1v) is 10.3. The van der Waals surface area contributed by atoms with Crippen molar-refractivity contribution in [1.82, 2.24) is 4.98 Å². The molecular weight excluding hydrogens is 378 g/mol. The molecule has 29 heavy (non-hydrogen) atoms. The molecule has 0 atom stereocenters. The van der Waals surface area contributed by atoms with Crippen LogP contribution in [-0.4, -0.2) is 10.9 Å². The topological polar surface area (TPSA) is 65.8 Å². The molecule has 0 spiro atoms. The molecule has 146 valence electrons. The van der Waals surface area contributed by atoms with Crippen LogP contribution in [0.2, 0.25) is 0 Å². The molecule has 0 aliphatic rings. The highest BCUT2D eigenvalue weighted by molar-refractivity contribution is 7.14. The average molecular weight is 402 g/mol. The van der Waals surface area contributed by atoms with Gasteiger partial charge in [0.15, 0.2) is 5.13 Å². The van der Waals surface area contributed by atoms with E-state index in [2.05, 4.69) is 42.3 Å². The Bertz CT molecular complexity index is 1100. The normalized spacial score (nSPS) is 11.4. The predicted octanol–water partition coefficient (Wildman–Crippen LogP) is 6.10. The van der Waals surface area contributed by atoms with Crippen LogP contribution in [0.25, 0.3) is 17.3 Å². The second-order valence-corrected chi connectivity index (χ2v) is 8.16. The first kappa shape index (κ1) is 20.5. The maximum atomic E-state index is 12.6. The Labute approximate surface area is 175 Å². The highest BCUT2D eigenvalue weighted by Crippen LogP contribution is 2.28. The molecule has 1 N–H and O–H groups in total. The minimum atomic E-state index is -0.456. The van der Waals surface area contributed by atoms with Crippen molar-refractivity contribution >= 4 is 28.5 Å². The Kier molecular flexibility index (Phi) is 6.26. The molecular formula is C24H23N3OS.